The molecule has 0 aliphatic carbocycles. The predicted octanol–water partition coefficient (Wildman–Crippen LogP) is 1.90. The molecule has 2 heterocycles. The van der Waals surface area contributed by atoms with Crippen LogP contribution < -0.4 is 5.73 Å². The van der Waals surface area contributed by atoms with E-state index in [1.165, 1.54) is 0 Å². The van der Waals surface area contributed by atoms with Gasteiger partial charge >= 0.3 is 0 Å². The average molecular weight is 265 g/mol. The Kier molecular flexibility index (Phi) is 4.14. The molecule has 2 N–H and O–H groups in total. The fourth-order valence-corrected chi connectivity index (χ4v) is 2.44. The summed E-state index contributed by atoms with van der Waals surface area (Å²) in [6.45, 7) is 8.20. The highest BCUT2D eigenvalue weighted by Gasteiger charge is 2.24. The SMILES string of the molecule is CC1CN(C(=O)c2cc(N)cn2C(C)C)CCCO1. The van der Waals surface area contributed by atoms with Crippen LogP contribution in [-0.4, -0.2) is 41.2 Å². The minimum absolute atomic E-state index is 0.0442. The summed E-state index contributed by atoms with van der Waals surface area (Å²) < 4.78 is 7.52. The van der Waals surface area contributed by atoms with Crippen LogP contribution in [0.4, 0.5) is 5.69 Å². The molecule has 106 valence electrons. The number of ether oxygens (including phenoxy) is 1. The number of hydrogen-bond acceptors (Lipinski definition) is 3. The van der Waals surface area contributed by atoms with Crippen molar-refractivity contribution in [2.45, 2.75) is 39.3 Å². The van der Waals surface area contributed by atoms with Crippen molar-refractivity contribution >= 4 is 11.6 Å². The van der Waals surface area contributed by atoms with E-state index >= 15 is 0 Å². The molecule has 0 radical (unpaired) electrons. The molecule has 0 bridgehead atoms. The molecule has 1 unspecified atom stereocenters. The van der Waals surface area contributed by atoms with Gasteiger partial charge in [-0.1, -0.05) is 0 Å². The van der Waals surface area contributed by atoms with Gasteiger partial charge in [-0.3, -0.25) is 4.79 Å². The molecule has 1 fully saturated rings. The van der Waals surface area contributed by atoms with E-state index in [0.29, 0.717) is 17.9 Å². The first-order chi connectivity index (χ1) is 8.99. The number of aromatic nitrogens is 1. The third-order valence-corrected chi connectivity index (χ3v) is 3.38. The number of rotatable bonds is 2. The minimum Gasteiger partial charge on any atom is -0.397 e. The van der Waals surface area contributed by atoms with Crippen molar-refractivity contribution in [2.24, 2.45) is 0 Å². The van der Waals surface area contributed by atoms with Crippen LogP contribution in [0.5, 0.6) is 0 Å². The molecule has 5 nitrogen and oxygen atoms in total. The second-order valence-electron chi connectivity index (χ2n) is 5.45. The summed E-state index contributed by atoms with van der Waals surface area (Å²) >= 11 is 0. The maximum Gasteiger partial charge on any atom is 0.270 e. The average Bonchev–Trinajstić information content (AvgIpc) is 2.61. The number of carbonyl (C=O) groups is 1. The number of anilines is 1. The second-order valence-corrected chi connectivity index (χ2v) is 5.45. The van der Waals surface area contributed by atoms with E-state index in [-0.39, 0.29) is 18.1 Å². The molecule has 1 aromatic heterocycles. The van der Waals surface area contributed by atoms with Crippen LogP contribution >= 0.6 is 0 Å². The molecule has 1 aromatic rings. The van der Waals surface area contributed by atoms with E-state index in [9.17, 15) is 4.79 Å². The van der Waals surface area contributed by atoms with Gasteiger partial charge in [-0.05, 0) is 33.3 Å². The van der Waals surface area contributed by atoms with Crippen molar-refractivity contribution in [1.29, 1.82) is 0 Å². The second kappa shape index (κ2) is 5.65. The number of hydrogen-bond donors (Lipinski definition) is 1. The van der Waals surface area contributed by atoms with E-state index in [2.05, 4.69) is 0 Å². The van der Waals surface area contributed by atoms with E-state index in [1.54, 1.807) is 6.07 Å². The van der Waals surface area contributed by atoms with Gasteiger partial charge in [-0.2, -0.15) is 0 Å². The molecule has 1 aliphatic heterocycles. The lowest BCUT2D eigenvalue weighted by molar-refractivity contribution is 0.0556. The molecule has 5 heteroatoms. The van der Waals surface area contributed by atoms with Crippen LogP contribution in [0.3, 0.4) is 0 Å². The van der Waals surface area contributed by atoms with Gasteiger partial charge in [0.15, 0.2) is 0 Å². The number of carbonyl (C=O) groups excluding carboxylic acids is 1. The molecule has 1 aliphatic rings. The van der Waals surface area contributed by atoms with Gasteiger partial charge in [0, 0.05) is 31.9 Å². The van der Waals surface area contributed by atoms with Crippen molar-refractivity contribution in [3.8, 4) is 0 Å². The Morgan fingerprint density at radius 3 is 2.95 bits per heavy atom. The van der Waals surface area contributed by atoms with Crippen LogP contribution in [0.15, 0.2) is 12.3 Å². The highest BCUT2D eigenvalue weighted by Crippen LogP contribution is 2.19. The maximum absolute atomic E-state index is 12.6. The maximum atomic E-state index is 12.6. The topological polar surface area (TPSA) is 60.5 Å². The fourth-order valence-electron chi connectivity index (χ4n) is 2.44. The first kappa shape index (κ1) is 13.9. The molecule has 0 saturated carbocycles. The molecule has 19 heavy (non-hydrogen) atoms. The van der Waals surface area contributed by atoms with E-state index < -0.39 is 0 Å². The summed E-state index contributed by atoms with van der Waals surface area (Å²) in [7, 11) is 0. The zero-order chi connectivity index (χ0) is 14.0. The third kappa shape index (κ3) is 3.10. The van der Waals surface area contributed by atoms with E-state index in [1.807, 2.05) is 36.4 Å². The molecule has 2 rings (SSSR count). The van der Waals surface area contributed by atoms with Crippen LogP contribution in [0.25, 0.3) is 0 Å². The first-order valence-corrected chi connectivity index (χ1v) is 6.87. The van der Waals surface area contributed by atoms with Gasteiger partial charge < -0.3 is 19.9 Å². The van der Waals surface area contributed by atoms with Gasteiger partial charge in [0.1, 0.15) is 5.69 Å². The monoisotopic (exact) mass is 265 g/mol. The highest BCUT2D eigenvalue weighted by molar-refractivity contribution is 5.94. The molecule has 0 aromatic carbocycles. The molecular formula is C14H23N3O2. The molecular weight excluding hydrogens is 242 g/mol. The van der Waals surface area contributed by atoms with Gasteiger partial charge in [0.25, 0.3) is 5.91 Å². The largest absolute Gasteiger partial charge is 0.397 e. The van der Waals surface area contributed by atoms with Gasteiger partial charge in [-0.15, -0.1) is 0 Å². The molecule has 1 amide bonds. The summed E-state index contributed by atoms with van der Waals surface area (Å²) in [4.78, 5) is 14.5. The lowest BCUT2D eigenvalue weighted by Gasteiger charge is -2.23. The number of nitrogens with zero attached hydrogens (tertiary/aromatic N) is 2. The van der Waals surface area contributed by atoms with Crippen molar-refractivity contribution in [3.63, 3.8) is 0 Å². The van der Waals surface area contributed by atoms with Crippen molar-refractivity contribution in [3.05, 3.63) is 18.0 Å². The van der Waals surface area contributed by atoms with E-state index in [0.717, 1.165) is 19.6 Å². The number of amides is 1. The van der Waals surface area contributed by atoms with Gasteiger partial charge in [0.2, 0.25) is 0 Å². The number of nitrogen functional groups attached to an aromatic ring is 1. The molecule has 0 spiro atoms. The fraction of sp³-hybridized carbons (Fsp3) is 0.643. The van der Waals surface area contributed by atoms with Gasteiger partial charge in [-0.25, -0.2) is 0 Å². The van der Waals surface area contributed by atoms with Crippen molar-refractivity contribution in [1.82, 2.24) is 9.47 Å². The third-order valence-electron chi connectivity index (χ3n) is 3.38. The first-order valence-electron chi connectivity index (χ1n) is 6.87. The lowest BCUT2D eigenvalue weighted by atomic mass is 10.2. The summed E-state index contributed by atoms with van der Waals surface area (Å²) in [5.74, 6) is 0.0442. The van der Waals surface area contributed by atoms with Crippen molar-refractivity contribution < 1.29 is 9.53 Å². The van der Waals surface area contributed by atoms with Gasteiger partial charge in [0.05, 0.1) is 11.8 Å². The Labute approximate surface area is 114 Å². The molecule has 1 atom stereocenters. The Balaban J connectivity index is 2.23. The standard InChI is InChI=1S/C14H23N3O2/c1-10(2)17-9-12(15)7-13(17)14(18)16-5-4-6-19-11(3)8-16/h7,9-11H,4-6,8,15H2,1-3H3. The smallest absolute Gasteiger partial charge is 0.270 e. The zero-order valence-corrected chi connectivity index (χ0v) is 11.9. The Bertz CT molecular complexity index is 454. The van der Waals surface area contributed by atoms with Crippen molar-refractivity contribution in [2.75, 3.05) is 25.4 Å². The number of nitrogens with two attached hydrogens (primary N) is 1. The zero-order valence-electron chi connectivity index (χ0n) is 11.9. The Morgan fingerprint density at radius 2 is 2.26 bits per heavy atom. The summed E-state index contributed by atoms with van der Waals surface area (Å²) in [6.07, 6.45) is 2.80. The Hall–Kier alpha value is -1.49. The van der Waals surface area contributed by atoms with E-state index in [4.69, 9.17) is 10.5 Å². The van der Waals surface area contributed by atoms with Crippen LogP contribution in [0.2, 0.25) is 0 Å². The predicted molar refractivity (Wildman–Crippen MR) is 75.2 cm³/mol. The van der Waals surface area contributed by atoms with Crippen LogP contribution in [0, 0.1) is 0 Å². The highest BCUT2D eigenvalue weighted by atomic mass is 16.5. The minimum atomic E-state index is 0.0442. The molecule has 1 saturated heterocycles. The summed E-state index contributed by atoms with van der Waals surface area (Å²) in [5.41, 5.74) is 7.13. The Morgan fingerprint density at radius 1 is 1.53 bits per heavy atom. The van der Waals surface area contributed by atoms with Crippen LogP contribution in [0.1, 0.15) is 43.7 Å². The quantitative estimate of drug-likeness (QED) is 0.888. The van der Waals surface area contributed by atoms with Crippen LogP contribution in [-0.2, 0) is 4.74 Å². The summed E-state index contributed by atoms with van der Waals surface area (Å²) in [6, 6.07) is 1.98. The lowest BCUT2D eigenvalue weighted by Crippen LogP contribution is -2.37. The normalized spacial score (nSPS) is 20.6. The summed E-state index contributed by atoms with van der Waals surface area (Å²) in [5, 5.41) is 0.